The Balaban J connectivity index is 1.68. The zero-order valence-corrected chi connectivity index (χ0v) is 15.1. The molecule has 1 aliphatic heterocycles. The highest BCUT2D eigenvalue weighted by molar-refractivity contribution is 5.88. The molecule has 0 radical (unpaired) electrons. The van der Waals surface area contributed by atoms with E-state index in [4.69, 9.17) is 4.98 Å². The molecular formula is C20H23N5O. The van der Waals surface area contributed by atoms with Crippen molar-refractivity contribution in [3.8, 4) is 11.1 Å². The number of anilines is 2. The summed E-state index contributed by atoms with van der Waals surface area (Å²) in [6.07, 6.45) is 9.60. The minimum atomic E-state index is -0.130. The molecule has 1 aliphatic carbocycles. The Kier molecular flexibility index (Phi) is 4.32. The van der Waals surface area contributed by atoms with Gasteiger partial charge in [0.1, 0.15) is 11.6 Å². The highest BCUT2D eigenvalue weighted by Gasteiger charge is 2.23. The summed E-state index contributed by atoms with van der Waals surface area (Å²) < 4.78 is 0. The molecule has 0 atom stereocenters. The maximum absolute atomic E-state index is 11.3. The van der Waals surface area contributed by atoms with E-state index in [-0.39, 0.29) is 5.91 Å². The predicted octanol–water partition coefficient (Wildman–Crippen LogP) is 3.03. The first-order valence-corrected chi connectivity index (χ1v) is 9.02. The number of nitrogens with one attached hydrogen (secondary N) is 2. The summed E-state index contributed by atoms with van der Waals surface area (Å²) in [7, 11) is 2.06. The van der Waals surface area contributed by atoms with Gasteiger partial charge in [0.15, 0.2) is 0 Å². The third kappa shape index (κ3) is 3.27. The lowest BCUT2D eigenvalue weighted by Gasteiger charge is -2.33. The maximum atomic E-state index is 11.3. The Morgan fingerprint density at radius 3 is 2.81 bits per heavy atom. The summed E-state index contributed by atoms with van der Waals surface area (Å²) in [6.45, 7) is 2.34. The number of rotatable bonds is 4. The first kappa shape index (κ1) is 16.6. The van der Waals surface area contributed by atoms with Crippen molar-refractivity contribution in [2.24, 2.45) is 0 Å². The van der Waals surface area contributed by atoms with Crippen LogP contribution in [0.1, 0.15) is 31.7 Å². The number of amides is 1. The van der Waals surface area contributed by atoms with Crippen LogP contribution in [0.5, 0.6) is 0 Å². The Bertz CT molecular complexity index is 872. The quantitative estimate of drug-likeness (QED) is 0.888. The zero-order valence-electron chi connectivity index (χ0n) is 15.1. The van der Waals surface area contributed by atoms with Gasteiger partial charge in [0.2, 0.25) is 5.91 Å². The van der Waals surface area contributed by atoms with Crippen LogP contribution in [0.2, 0.25) is 0 Å². The van der Waals surface area contributed by atoms with Crippen molar-refractivity contribution in [1.29, 1.82) is 0 Å². The van der Waals surface area contributed by atoms with Gasteiger partial charge in [0.25, 0.3) is 0 Å². The average molecular weight is 349 g/mol. The number of pyridine rings is 2. The monoisotopic (exact) mass is 349 g/mol. The number of carbonyl (C=O) groups is 1. The molecule has 26 heavy (non-hydrogen) atoms. The van der Waals surface area contributed by atoms with Crippen LogP contribution in [0.15, 0.2) is 36.7 Å². The molecule has 2 aromatic rings. The van der Waals surface area contributed by atoms with E-state index < -0.39 is 0 Å². The van der Waals surface area contributed by atoms with Crippen molar-refractivity contribution >= 4 is 23.2 Å². The summed E-state index contributed by atoms with van der Waals surface area (Å²) in [5.74, 6) is 1.41. The highest BCUT2D eigenvalue weighted by atomic mass is 16.1. The van der Waals surface area contributed by atoms with Crippen LogP contribution in [0.3, 0.4) is 0 Å². The molecule has 0 spiro atoms. The number of fused-ring (bicyclic) bond motifs is 1. The fourth-order valence-corrected chi connectivity index (χ4v) is 3.31. The Labute approximate surface area is 153 Å². The van der Waals surface area contributed by atoms with Gasteiger partial charge in [0.05, 0.1) is 0 Å². The molecule has 1 fully saturated rings. The molecule has 0 unspecified atom stereocenters. The second kappa shape index (κ2) is 6.78. The number of nitrogens with zero attached hydrogens (tertiary/aromatic N) is 3. The van der Waals surface area contributed by atoms with Gasteiger partial charge in [0, 0.05) is 55.8 Å². The molecule has 134 valence electrons. The molecule has 0 bridgehead atoms. The van der Waals surface area contributed by atoms with Crippen molar-refractivity contribution in [3.05, 3.63) is 42.2 Å². The van der Waals surface area contributed by atoms with Gasteiger partial charge in [-0.1, -0.05) is 0 Å². The number of likely N-dealkylation sites (N-methyl/N-ethyl adjacent to an activating group) is 1. The summed E-state index contributed by atoms with van der Waals surface area (Å²) >= 11 is 0. The summed E-state index contributed by atoms with van der Waals surface area (Å²) in [5, 5.41) is 6.41. The summed E-state index contributed by atoms with van der Waals surface area (Å²) in [4.78, 5) is 22.3. The van der Waals surface area contributed by atoms with Crippen LogP contribution in [-0.4, -0.2) is 35.5 Å². The number of hydrogen-bond donors (Lipinski definition) is 2. The normalized spacial score (nSPS) is 16.4. The maximum Gasteiger partial charge on any atom is 0.222 e. The van der Waals surface area contributed by atoms with Crippen LogP contribution < -0.4 is 15.5 Å². The molecule has 2 aliphatic rings. The van der Waals surface area contributed by atoms with E-state index in [1.54, 1.807) is 6.20 Å². The highest BCUT2D eigenvalue weighted by Crippen LogP contribution is 2.33. The van der Waals surface area contributed by atoms with Crippen molar-refractivity contribution in [2.75, 3.05) is 23.8 Å². The third-order valence-electron chi connectivity index (χ3n) is 4.95. The van der Waals surface area contributed by atoms with Gasteiger partial charge in [-0.15, -0.1) is 0 Å². The molecule has 2 aromatic heterocycles. The Morgan fingerprint density at radius 2 is 2.08 bits per heavy atom. The molecule has 6 heteroatoms. The smallest absolute Gasteiger partial charge is 0.222 e. The predicted molar refractivity (Wildman–Crippen MR) is 104 cm³/mol. The fourth-order valence-electron chi connectivity index (χ4n) is 3.31. The van der Waals surface area contributed by atoms with Gasteiger partial charge in [-0.2, -0.15) is 0 Å². The van der Waals surface area contributed by atoms with Gasteiger partial charge >= 0.3 is 0 Å². The lowest BCUT2D eigenvalue weighted by Crippen LogP contribution is -2.36. The van der Waals surface area contributed by atoms with E-state index in [1.165, 1.54) is 31.9 Å². The second-order valence-corrected chi connectivity index (χ2v) is 6.98. The van der Waals surface area contributed by atoms with Gasteiger partial charge in [-0.25, -0.2) is 9.97 Å². The van der Waals surface area contributed by atoms with E-state index in [2.05, 4.69) is 39.7 Å². The number of carbonyl (C=O) groups excluding carboxylic acids is 1. The third-order valence-corrected chi connectivity index (χ3v) is 4.95. The molecule has 1 saturated carbocycles. The topological polar surface area (TPSA) is 70.2 Å². The minimum Gasteiger partial charge on any atom is -0.382 e. The van der Waals surface area contributed by atoms with E-state index in [0.717, 1.165) is 29.1 Å². The van der Waals surface area contributed by atoms with Crippen LogP contribution in [0, 0.1) is 0 Å². The largest absolute Gasteiger partial charge is 0.382 e. The second-order valence-electron chi connectivity index (χ2n) is 6.98. The van der Waals surface area contributed by atoms with Crippen molar-refractivity contribution < 1.29 is 4.79 Å². The lowest BCUT2D eigenvalue weighted by molar-refractivity contribution is -0.114. The van der Waals surface area contributed by atoms with Crippen LogP contribution in [-0.2, 0) is 4.79 Å². The molecule has 1 amide bonds. The summed E-state index contributed by atoms with van der Waals surface area (Å²) in [6, 6.07) is 6.56. The Hall–Kier alpha value is -2.89. The Morgan fingerprint density at radius 1 is 1.23 bits per heavy atom. The van der Waals surface area contributed by atoms with Gasteiger partial charge in [-0.3, -0.25) is 4.79 Å². The first-order valence-electron chi connectivity index (χ1n) is 9.02. The molecular weight excluding hydrogens is 326 g/mol. The average Bonchev–Trinajstić information content (AvgIpc) is 2.59. The van der Waals surface area contributed by atoms with Gasteiger partial charge in [-0.05, 0) is 49.1 Å². The molecule has 3 heterocycles. The van der Waals surface area contributed by atoms with E-state index in [9.17, 15) is 4.79 Å². The van der Waals surface area contributed by atoms with Crippen LogP contribution in [0.4, 0.5) is 11.6 Å². The number of hydrogen-bond acceptors (Lipinski definition) is 5. The van der Waals surface area contributed by atoms with Crippen LogP contribution in [0.25, 0.3) is 16.8 Å². The SMILES string of the molecule is CC(=O)Nc1cc(-c2cnc3c(c2)C(NC2CCC2)=CCN3C)ccn1. The zero-order chi connectivity index (χ0) is 18.1. The summed E-state index contributed by atoms with van der Waals surface area (Å²) in [5.41, 5.74) is 4.29. The fraction of sp³-hybridized carbons (Fsp3) is 0.350. The first-order chi connectivity index (χ1) is 12.6. The van der Waals surface area contributed by atoms with E-state index >= 15 is 0 Å². The minimum absolute atomic E-state index is 0.130. The number of aromatic nitrogens is 2. The van der Waals surface area contributed by atoms with Crippen molar-refractivity contribution in [2.45, 2.75) is 32.2 Å². The van der Waals surface area contributed by atoms with E-state index in [0.29, 0.717) is 11.9 Å². The lowest BCUT2D eigenvalue weighted by atomic mass is 9.92. The van der Waals surface area contributed by atoms with Crippen molar-refractivity contribution in [3.63, 3.8) is 0 Å². The molecule has 4 rings (SSSR count). The van der Waals surface area contributed by atoms with E-state index in [1.807, 2.05) is 18.3 Å². The van der Waals surface area contributed by atoms with Gasteiger partial charge < -0.3 is 15.5 Å². The molecule has 2 N–H and O–H groups in total. The van der Waals surface area contributed by atoms with Crippen molar-refractivity contribution in [1.82, 2.24) is 15.3 Å². The molecule has 6 nitrogen and oxygen atoms in total. The van der Waals surface area contributed by atoms with Crippen LogP contribution >= 0.6 is 0 Å². The molecule has 0 saturated heterocycles. The molecule has 0 aromatic carbocycles. The standard InChI is InChI=1S/C20H23N5O/c1-13(26)23-19-11-14(6-8-21-19)15-10-17-18(24-16-4-3-5-16)7-9-25(2)20(17)22-12-15/h6-8,10-12,16,24H,3-5,9H2,1-2H3,(H,21,23,26).